The number of ether oxygens (including phenoxy) is 1. The second-order valence-corrected chi connectivity index (χ2v) is 4.35. The van der Waals surface area contributed by atoms with Gasteiger partial charge in [0, 0.05) is 0 Å². The second kappa shape index (κ2) is 3.32. The summed E-state index contributed by atoms with van der Waals surface area (Å²) in [6.07, 6.45) is 3.82. The van der Waals surface area contributed by atoms with Crippen molar-refractivity contribution in [1.29, 1.82) is 0 Å². The van der Waals surface area contributed by atoms with Crippen LogP contribution in [0.3, 0.4) is 0 Å². The van der Waals surface area contributed by atoms with Crippen molar-refractivity contribution < 1.29 is 9.53 Å². The summed E-state index contributed by atoms with van der Waals surface area (Å²) < 4.78 is 5.03. The molecule has 2 heteroatoms. The molecular formula is C11H18O2. The number of esters is 1. The van der Waals surface area contributed by atoms with Crippen LogP contribution >= 0.6 is 0 Å². The maximum absolute atomic E-state index is 11.4. The topological polar surface area (TPSA) is 26.3 Å². The van der Waals surface area contributed by atoms with Gasteiger partial charge in [-0.05, 0) is 37.5 Å². The average molecular weight is 182 g/mol. The van der Waals surface area contributed by atoms with Gasteiger partial charge in [-0.2, -0.15) is 0 Å². The lowest BCUT2D eigenvalue weighted by atomic mass is 9.98. The van der Waals surface area contributed by atoms with Gasteiger partial charge in [0.2, 0.25) is 0 Å². The van der Waals surface area contributed by atoms with Crippen LogP contribution in [0.2, 0.25) is 0 Å². The molecule has 0 aliphatic heterocycles. The van der Waals surface area contributed by atoms with Crippen molar-refractivity contribution in [3.05, 3.63) is 0 Å². The van der Waals surface area contributed by atoms with Crippen molar-refractivity contribution in [3.63, 3.8) is 0 Å². The van der Waals surface area contributed by atoms with Crippen molar-refractivity contribution in [1.82, 2.24) is 0 Å². The molecule has 2 atom stereocenters. The molecule has 0 bridgehead atoms. The SMILES string of the molecule is CCOC(=O)C1C2CC(CC)CC21. The van der Waals surface area contributed by atoms with Crippen molar-refractivity contribution in [2.75, 3.05) is 6.61 Å². The molecule has 0 aromatic heterocycles. The van der Waals surface area contributed by atoms with Crippen molar-refractivity contribution in [3.8, 4) is 0 Å². The molecule has 0 N–H and O–H groups in total. The monoisotopic (exact) mass is 182 g/mol. The lowest BCUT2D eigenvalue weighted by Gasteiger charge is -2.10. The maximum Gasteiger partial charge on any atom is 0.309 e. The molecule has 0 spiro atoms. The minimum Gasteiger partial charge on any atom is -0.466 e. The predicted molar refractivity (Wildman–Crippen MR) is 50.1 cm³/mol. The smallest absolute Gasteiger partial charge is 0.309 e. The van der Waals surface area contributed by atoms with E-state index in [1.54, 1.807) is 0 Å². The van der Waals surface area contributed by atoms with Crippen LogP contribution in [0.5, 0.6) is 0 Å². The van der Waals surface area contributed by atoms with E-state index in [0.29, 0.717) is 18.4 Å². The molecule has 74 valence electrons. The Kier molecular flexibility index (Phi) is 2.31. The molecule has 2 fully saturated rings. The highest BCUT2D eigenvalue weighted by atomic mass is 16.5. The van der Waals surface area contributed by atoms with Crippen molar-refractivity contribution in [2.45, 2.75) is 33.1 Å². The molecule has 0 radical (unpaired) electrons. The van der Waals surface area contributed by atoms with Crippen LogP contribution in [-0.4, -0.2) is 12.6 Å². The molecule has 0 heterocycles. The number of rotatable bonds is 3. The van der Waals surface area contributed by atoms with Crippen LogP contribution in [0.25, 0.3) is 0 Å². The van der Waals surface area contributed by atoms with Gasteiger partial charge in [-0.15, -0.1) is 0 Å². The summed E-state index contributed by atoms with van der Waals surface area (Å²) in [6.45, 7) is 4.66. The standard InChI is InChI=1S/C11H18O2/c1-3-7-5-8-9(6-7)10(8)11(12)13-4-2/h7-10H,3-6H2,1-2H3. The number of carbonyl (C=O) groups excluding carboxylic acids is 1. The molecule has 0 aromatic carbocycles. The van der Waals surface area contributed by atoms with Gasteiger partial charge in [0.05, 0.1) is 12.5 Å². The van der Waals surface area contributed by atoms with E-state index < -0.39 is 0 Å². The lowest BCUT2D eigenvalue weighted by molar-refractivity contribution is -0.145. The van der Waals surface area contributed by atoms with Gasteiger partial charge in [-0.1, -0.05) is 13.3 Å². The van der Waals surface area contributed by atoms with Crippen LogP contribution in [0.15, 0.2) is 0 Å². The molecule has 13 heavy (non-hydrogen) atoms. The Morgan fingerprint density at radius 2 is 1.92 bits per heavy atom. The Morgan fingerprint density at radius 3 is 2.38 bits per heavy atom. The zero-order valence-corrected chi connectivity index (χ0v) is 8.45. The summed E-state index contributed by atoms with van der Waals surface area (Å²) in [5, 5.41) is 0. The zero-order chi connectivity index (χ0) is 9.42. The van der Waals surface area contributed by atoms with Gasteiger partial charge in [0.1, 0.15) is 0 Å². The number of carbonyl (C=O) groups is 1. The second-order valence-electron chi connectivity index (χ2n) is 4.35. The fourth-order valence-corrected chi connectivity index (χ4v) is 2.88. The Morgan fingerprint density at radius 1 is 1.31 bits per heavy atom. The molecule has 2 nitrogen and oxygen atoms in total. The summed E-state index contributed by atoms with van der Waals surface area (Å²) in [7, 11) is 0. The van der Waals surface area contributed by atoms with E-state index in [1.807, 2.05) is 6.92 Å². The summed E-state index contributed by atoms with van der Waals surface area (Å²) in [5.74, 6) is 2.60. The number of hydrogen-bond acceptors (Lipinski definition) is 2. The van der Waals surface area contributed by atoms with E-state index in [2.05, 4.69) is 6.92 Å². The third-order valence-electron chi connectivity index (χ3n) is 3.68. The van der Waals surface area contributed by atoms with Crippen LogP contribution in [0, 0.1) is 23.7 Å². The van der Waals surface area contributed by atoms with E-state index in [4.69, 9.17) is 4.74 Å². The normalized spacial score (nSPS) is 41.4. The van der Waals surface area contributed by atoms with Gasteiger partial charge in [-0.3, -0.25) is 4.79 Å². The van der Waals surface area contributed by atoms with Gasteiger partial charge < -0.3 is 4.74 Å². The average Bonchev–Trinajstić information content (AvgIpc) is 2.63. The number of fused-ring (bicyclic) bond motifs is 1. The Hall–Kier alpha value is -0.530. The molecule has 0 aromatic rings. The van der Waals surface area contributed by atoms with Crippen LogP contribution < -0.4 is 0 Å². The Balaban J connectivity index is 1.81. The van der Waals surface area contributed by atoms with E-state index in [1.165, 1.54) is 19.3 Å². The van der Waals surface area contributed by atoms with E-state index in [9.17, 15) is 4.79 Å². The predicted octanol–water partition coefficient (Wildman–Crippen LogP) is 2.23. The van der Waals surface area contributed by atoms with Crippen molar-refractivity contribution >= 4 is 5.97 Å². The van der Waals surface area contributed by atoms with Crippen LogP contribution in [0.4, 0.5) is 0 Å². The molecule has 0 amide bonds. The molecule has 0 saturated heterocycles. The highest BCUT2D eigenvalue weighted by Crippen LogP contribution is 2.60. The minimum absolute atomic E-state index is 0.0621. The first-order chi connectivity index (χ1) is 6.27. The quantitative estimate of drug-likeness (QED) is 0.626. The van der Waals surface area contributed by atoms with E-state index >= 15 is 0 Å². The third kappa shape index (κ3) is 1.47. The Labute approximate surface area is 79.7 Å². The summed E-state index contributed by atoms with van der Waals surface area (Å²) in [5.41, 5.74) is 0. The number of hydrogen-bond donors (Lipinski definition) is 0. The van der Waals surface area contributed by atoms with Gasteiger partial charge >= 0.3 is 5.97 Å². The maximum atomic E-state index is 11.4. The van der Waals surface area contributed by atoms with Crippen LogP contribution in [-0.2, 0) is 9.53 Å². The van der Waals surface area contributed by atoms with Gasteiger partial charge in [0.15, 0.2) is 0 Å². The fourth-order valence-electron chi connectivity index (χ4n) is 2.88. The first-order valence-electron chi connectivity index (χ1n) is 5.44. The first-order valence-corrected chi connectivity index (χ1v) is 5.44. The molecular weight excluding hydrogens is 164 g/mol. The highest BCUT2D eigenvalue weighted by Gasteiger charge is 2.59. The Bertz CT molecular complexity index is 200. The third-order valence-corrected chi connectivity index (χ3v) is 3.68. The summed E-state index contributed by atoms with van der Waals surface area (Å²) in [6, 6.07) is 0. The largest absolute Gasteiger partial charge is 0.466 e. The molecule has 2 saturated carbocycles. The molecule has 2 unspecified atom stereocenters. The minimum atomic E-state index is 0.0621. The lowest BCUT2D eigenvalue weighted by Crippen LogP contribution is -2.12. The molecule has 2 aliphatic rings. The molecule has 2 rings (SSSR count). The molecule has 2 aliphatic carbocycles. The highest BCUT2D eigenvalue weighted by molar-refractivity contribution is 5.76. The fraction of sp³-hybridized carbons (Fsp3) is 0.909. The van der Waals surface area contributed by atoms with Gasteiger partial charge in [0.25, 0.3) is 0 Å². The first kappa shape index (κ1) is 9.04. The van der Waals surface area contributed by atoms with Crippen molar-refractivity contribution in [2.24, 2.45) is 23.7 Å². The zero-order valence-electron chi connectivity index (χ0n) is 8.45. The van der Waals surface area contributed by atoms with Gasteiger partial charge in [-0.25, -0.2) is 0 Å². The van der Waals surface area contributed by atoms with E-state index in [-0.39, 0.29) is 11.9 Å². The van der Waals surface area contributed by atoms with Crippen LogP contribution in [0.1, 0.15) is 33.1 Å². The summed E-state index contributed by atoms with van der Waals surface area (Å²) in [4.78, 5) is 11.4. The van der Waals surface area contributed by atoms with E-state index in [0.717, 1.165) is 5.92 Å². The summed E-state index contributed by atoms with van der Waals surface area (Å²) >= 11 is 0.